The van der Waals surface area contributed by atoms with Gasteiger partial charge in [0.1, 0.15) is 0 Å². The van der Waals surface area contributed by atoms with Crippen LogP contribution in [0.15, 0.2) is 0 Å². The quantitative estimate of drug-likeness (QED) is 0.550. The summed E-state index contributed by atoms with van der Waals surface area (Å²) >= 11 is 0. The van der Waals surface area contributed by atoms with E-state index in [9.17, 15) is 9.59 Å². The first-order valence-electron chi connectivity index (χ1n) is 7.43. The molecule has 4 heteroatoms. The molecule has 0 saturated heterocycles. The van der Waals surface area contributed by atoms with E-state index in [-0.39, 0.29) is 17.8 Å². The van der Waals surface area contributed by atoms with Crippen molar-refractivity contribution in [3.63, 3.8) is 0 Å². The molecule has 0 aromatic heterocycles. The van der Waals surface area contributed by atoms with Crippen LogP contribution in [0, 0.1) is 5.92 Å². The Morgan fingerprint density at radius 2 is 1.79 bits per heavy atom. The predicted octanol–water partition coefficient (Wildman–Crippen LogP) is 2.76. The van der Waals surface area contributed by atoms with Crippen LogP contribution in [0.25, 0.3) is 0 Å². The van der Waals surface area contributed by atoms with Gasteiger partial charge in [-0.1, -0.05) is 19.8 Å². The zero-order valence-corrected chi connectivity index (χ0v) is 12.5. The predicted molar refractivity (Wildman–Crippen MR) is 74.7 cm³/mol. The molecule has 1 aliphatic rings. The van der Waals surface area contributed by atoms with E-state index in [0.29, 0.717) is 12.5 Å². The maximum atomic E-state index is 12.0. The Balaban J connectivity index is 2.33. The molecule has 0 heterocycles. The maximum Gasteiger partial charge on any atom is 0.308 e. The minimum absolute atomic E-state index is 0.0323. The molecule has 0 radical (unpaired) electrons. The summed E-state index contributed by atoms with van der Waals surface area (Å²) in [7, 11) is 3.34. The Kier molecular flexibility index (Phi) is 6.89. The Morgan fingerprint density at radius 3 is 2.32 bits per heavy atom. The molecule has 0 aromatic rings. The fraction of sp³-hybridized carbons (Fsp3) is 0.867. The van der Waals surface area contributed by atoms with Gasteiger partial charge in [-0.05, 0) is 32.1 Å². The summed E-state index contributed by atoms with van der Waals surface area (Å²) in [5, 5.41) is 0. The SMILES string of the molecule is CCCCCC(=O)N(C)C1CCC(C(=O)OC)CC1. The van der Waals surface area contributed by atoms with Crippen molar-refractivity contribution < 1.29 is 14.3 Å². The molecule has 4 nitrogen and oxygen atoms in total. The van der Waals surface area contributed by atoms with Crippen molar-refractivity contribution in [1.82, 2.24) is 4.90 Å². The van der Waals surface area contributed by atoms with E-state index in [2.05, 4.69) is 6.92 Å². The first-order chi connectivity index (χ1) is 9.10. The van der Waals surface area contributed by atoms with Gasteiger partial charge in [0.05, 0.1) is 13.0 Å². The molecule has 19 heavy (non-hydrogen) atoms. The highest BCUT2D eigenvalue weighted by Crippen LogP contribution is 2.28. The Hall–Kier alpha value is -1.06. The van der Waals surface area contributed by atoms with Gasteiger partial charge < -0.3 is 9.64 Å². The number of nitrogens with zero attached hydrogens (tertiary/aromatic N) is 1. The van der Waals surface area contributed by atoms with Gasteiger partial charge in [0, 0.05) is 19.5 Å². The highest BCUT2D eigenvalue weighted by atomic mass is 16.5. The van der Waals surface area contributed by atoms with Crippen molar-refractivity contribution in [2.24, 2.45) is 5.92 Å². The summed E-state index contributed by atoms with van der Waals surface area (Å²) in [4.78, 5) is 25.4. The zero-order valence-electron chi connectivity index (χ0n) is 12.5. The molecule has 0 atom stereocenters. The lowest BCUT2D eigenvalue weighted by atomic mass is 9.85. The van der Waals surface area contributed by atoms with Crippen molar-refractivity contribution in [1.29, 1.82) is 0 Å². The fourth-order valence-electron chi connectivity index (χ4n) is 2.77. The number of carbonyl (C=O) groups excluding carboxylic acids is 2. The highest BCUT2D eigenvalue weighted by molar-refractivity contribution is 5.76. The van der Waals surface area contributed by atoms with Crippen molar-refractivity contribution in [2.75, 3.05) is 14.2 Å². The van der Waals surface area contributed by atoms with E-state index in [0.717, 1.165) is 44.9 Å². The van der Waals surface area contributed by atoms with Crippen LogP contribution in [0.1, 0.15) is 58.3 Å². The van der Waals surface area contributed by atoms with E-state index < -0.39 is 0 Å². The second-order valence-electron chi connectivity index (χ2n) is 5.49. The Labute approximate surface area is 116 Å². The number of amides is 1. The molecular weight excluding hydrogens is 242 g/mol. The third-order valence-electron chi connectivity index (χ3n) is 4.17. The number of carbonyl (C=O) groups is 2. The highest BCUT2D eigenvalue weighted by Gasteiger charge is 2.30. The summed E-state index contributed by atoms with van der Waals surface area (Å²) in [5.41, 5.74) is 0. The largest absolute Gasteiger partial charge is 0.469 e. The number of methoxy groups -OCH3 is 1. The monoisotopic (exact) mass is 269 g/mol. The third-order valence-corrected chi connectivity index (χ3v) is 4.17. The smallest absolute Gasteiger partial charge is 0.308 e. The van der Waals surface area contributed by atoms with Crippen molar-refractivity contribution in [3.05, 3.63) is 0 Å². The number of esters is 1. The molecule has 1 saturated carbocycles. The minimum atomic E-state index is -0.102. The van der Waals surface area contributed by atoms with E-state index in [1.165, 1.54) is 7.11 Å². The first kappa shape index (κ1) is 16.0. The molecule has 0 bridgehead atoms. The summed E-state index contributed by atoms with van der Waals surface area (Å²) in [6, 6.07) is 0.301. The van der Waals surface area contributed by atoms with E-state index in [1.807, 2.05) is 11.9 Å². The van der Waals surface area contributed by atoms with Gasteiger partial charge in [-0.2, -0.15) is 0 Å². The molecule has 0 aliphatic heterocycles. The van der Waals surface area contributed by atoms with E-state index in [4.69, 9.17) is 4.74 Å². The van der Waals surface area contributed by atoms with Crippen LogP contribution >= 0.6 is 0 Å². The van der Waals surface area contributed by atoms with E-state index >= 15 is 0 Å². The van der Waals surface area contributed by atoms with Crippen molar-refractivity contribution in [3.8, 4) is 0 Å². The molecule has 0 aromatic carbocycles. The standard InChI is InChI=1S/C15H27NO3/c1-4-5-6-7-14(17)16(2)13-10-8-12(9-11-13)15(18)19-3/h12-13H,4-11H2,1-3H3. The first-order valence-corrected chi connectivity index (χ1v) is 7.43. The van der Waals surface area contributed by atoms with Crippen LogP contribution in [0.2, 0.25) is 0 Å². The van der Waals surface area contributed by atoms with Gasteiger partial charge in [0.15, 0.2) is 0 Å². The molecule has 1 amide bonds. The lowest BCUT2D eigenvalue weighted by Gasteiger charge is -2.33. The van der Waals surface area contributed by atoms with Gasteiger partial charge >= 0.3 is 5.97 Å². The van der Waals surface area contributed by atoms with Crippen molar-refractivity contribution >= 4 is 11.9 Å². The van der Waals surface area contributed by atoms with Gasteiger partial charge in [-0.15, -0.1) is 0 Å². The van der Waals surface area contributed by atoms with Crippen LogP contribution in [-0.4, -0.2) is 37.0 Å². The van der Waals surface area contributed by atoms with Gasteiger partial charge in [-0.3, -0.25) is 9.59 Å². The molecule has 0 N–H and O–H groups in total. The lowest BCUT2D eigenvalue weighted by molar-refractivity contribution is -0.147. The number of hydrogen-bond donors (Lipinski definition) is 0. The lowest BCUT2D eigenvalue weighted by Crippen LogP contribution is -2.40. The van der Waals surface area contributed by atoms with Crippen LogP contribution in [-0.2, 0) is 14.3 Å². The normalized spacial score (nSPS) is 22.9. The molecule has 1 fully saturated rings. The van der Waals surface area contributed by atoms with Crippen LogP contribution < -0.4 is 0 Å². The van der Waals surface area contributed by atoms with Crippen LogP contribution in [0.3, 0.4) is 0 Å². The molecule has 0 spiro atoms. The van der Waals surface area contributed by atoms with Gasteiger partial charge in [-0.25, -0.2) is 0 Å². The second kappa shape index (κ2) is 8.18. The molecule has 110 valence electrons. The average Bonchev–Trinajstić information content (AvgIpc) is 2.46. The maximum absolute atomic E-state index is 12.0. The average molecular weight is 269 g/mol. The summed E-state index contributed by atoms with van der Waals surface area (Å²) < 4.78 is 4.78. The number of ether oxygens (including phenoxy) is 1. The molecule has 1 aliphatic carbocycles. The summed E-state index contributed by atoms with van der Waals surface area (Å²) in [5.74, 6) is 0.176. The molecule has 0 unspecified atom stereocenters. The summed E-state index contributed by atoms with van der Waals surface area (Å²) in [6.07, 6.45) is 7.40. The van der Waals surface area contributed by atoms with Gasteiger partial charge in [0.25, 0.3) is 0 Å². The molecular formula is C15H27NO3. The zero-order chi connectivity index (χ0) is 14.3. The number of unbranched alkanes of at least 4 members (excludes halogenated alkanes) is 2. The van der Waals surface area contributed by atoms with Crippen LogP contribution in [0.5, 0.6) is 0 Å². The topological polar surface area (TPSA) is 46.6 Å². The van der Waals surface area contributed by atoms with Gasteiger partial charge in [0.2, 0.25) is 5.91 Å². The summed E-state index contributed by atoms with van der Waals surface area (Å²) in [6.45, 7) is 2.14. The minimum Gasteiger partial charge on any atom is -0.469 e. The fourth-order valence-corrected chi connectivity index (χ4v) is 2.77. The number of rotatable bonds is 6. The van der Waals surface area contributed by atoms with E-state index in [1.54, 1.807) is 0 Å². The Bertz CT molecular complexity index is 296. The second-order valence-corrected chi connectivity index (χ2v) is 5.49. The van der Waals surface area contributed by atoms with Crippen molar-refractivity contribution in [2.45, 2.75) is 64.3 Å². The number of hydrogen-bond acceptors (Lipinski definition) is 3. The third kappa shape index (κ3) is 4.84. The Morgan fingerprint density at radius 1 is 1.16 bits per heavy atom. The van der Waals surface area contributed by atoms with Crippen LogP contribution in [0.4, 0.5) is 0 Å². The molecule has 1 rings (SSSR count).